The van der Waals surface area contributed by atoms with E-state index in [0.29, 0.717) is 23.6 Å². The summed E-state index contributed by atoms with van der Waals surface area (Å²) in [7, 11) is 0. The highest BCUT2D eigenvalue weighted by Gasteiger charge is 2.15. The molecule has 0 fully saturated rings. The van der Waals surface area contributed by atoms with Gasteiger partial charge in [-0.25, -0.2) is 4.79 Å². The average Bonchev–Trinajstić information content (AvgIpc) is 3.12. The molecule has 2 aromatic heterocycles. The van der Waals surface area contributed by atoms with Crippen LogP contribution in [-0.2, 0) is 4.74 Å². The standard InChI is InChI=1S/C20H19N3O3/c1-3-26-20(25)15-7-4-8-16(13-15)22-19(24)18-10-6-12-23(18)17-9-5-11-21-14(17)2/h4-13H,3H2,1-2H3,(H,22,24). The number of ether oxygens (including phenoxy) is 1. The number of hydrogen-bond donors (Lipinski definition) is 1. The first-order chi connectivity index (χ1) is 12.6. The maximum atomic E-state index is 12.7. The van der Waals surface area contributed by atoms with Gasteiger partial charge in [0.05, 0.1) is 23.6 Å². The predicted molar refractivity (Wildman–Crippen MR) is 98.7 cm³/mol. The number of aryl methyl sites for hydroxylation is 1. The number of rotatable bonds is 5. The highest BCUT2D eigenvalue weighted by molar-refractivity contribution is 6.04. The van der Waals surface area contributed by atoms with E-state index in [1.54, 1.807) is 54.1 Å². The van der Waals surface area contributed by atoms with Gasteiger partial charge in [0.15, 0.2) is 0 Å². The summed E-state index contributed by atoms with van der Waals surface area (Å²) in [5.41, 5.74) is 3.05. The molecular formula is C20H19N3O3. The number of carbonyl (C=O) groups excluding carboxylic acids is 2. The maximum Gasteiger partial charge on any atom is 0.338 e. The number of anilines is 1. The van der Waals surface area contributed by atoms with Gasteiger partial charge in [0.2, 0.25) is 0 Å². The van der Waals surface area contributed by atoms with Crippen molar-refractivity contribution in [1.82, 2.24) is 9.55 Å². The van der Waals surface area contributed by atoms with Gasteiger partial charge in [0.25, 0.3) is 5.91 Å². The third-order valence-corrected chi connectivity index (χ3v) is 3.85. The van der Waals surface area contributed by atoms with Crippen molar-refractivity contribution in [2.75, 3.05) is 11.9 Å². The first kappa shape index (κ1) is 17.4. The summed E-state index contributed by atoms with van der Waals surface area (Å²) in [5.74, 6) is -0.697. The summed E-state index contributed by atoms with van der Waals surface area (Å²) >= 11 is 0. The van der Waals surface area contributed by atoms with Crippen molar-refractivity contribution in [2.45, 2.75) is 13.8 Å². The molecule has 0 unspecified atom stereocenters. The quantitative estimate of drug-likeness (QED) is 0.714. The first-order valence-electron chi connectivity index (χ1n) is 8.28. The van der Waals surface area contributed by atoms with Gasteiger partial charge in [0.1, 0.15) is 5.69 Å². The minimum absolute atomic E-state index is 0.278. The summed E-state index contributed by atoms with van der Waals surface area (Å²) in [5, 5.41) is 2.82. The smallest absolute Gasteiger partial charge is 0.338 e. The Morgan fingerprint density at radius 3 is 2.77 bits per heavy atom. The number of amides is 1. The molecule has 26 heavy (non-hydrogen) atoms. The fraction of sp³-hybridized carbons (Fsp3) is 0.150. The van der Waals surface area contributed by atoms with Crippen LogP contribution >= 0.6 is 0 Å². The number of carbonyl (C=O) groups is 2. The second-order valence-electron chi connectivity index (χ2n) is 5.63. The van der Waals surface area contributed by atoms with Crippen molar-refractivity contribution in [1.29, 1.82) is 0 Å². The number of esters is 1. The fourth-order valence-electron chi connectivity index (χ4n) is 2.64. The molecule has 6 heteroatoms. The topological polar surface area (TPSA) is 73.2 Å². The largest absolute Gasteiger partial charge is 0.462 e. The third-order valence-electron chi connectivity index (χ3n) is 3.85. The second kappa shape index (κ2) is 7.65. The molecule has 0 aliphatic heterocycles. The Balaban J connectivity index is 1.84. The summed E-state index contributed by atoms with van der Waals surface area (Å²) < 4.78 is 6.77. The van der Waals surface area contributed by atoms with Crippen LogP contribution in [0.1, 0.15) is 33.5 Å². The summed E-state index contributed by atoms with van der Waals surface area (Å²) in [6.07, 6.45) is 3.52. The number of nitrogens with zero attached hydrogens (tertiary/aromatic N) is 2. The van der Waals surface area contributed by atoms with E-state index in [2.05, 4.69) is 10.3 Å². The fourth-order valence-corrected chi connectivity index (χ4v) is 2.64. The minimum atomic E-state index is -0.419. The van der Waals surface area contributed by atoms with Crippen LogP contribution in [0, 0.1) is 6.92 Å². The molecule has 6 nitrogen and oxygen atoms in total. The molecule has 0 radical (unpaired) electrons. The Kier molecular flexibility index (Phi) is 5.12. The van der Waals surface area contributed by atoms with Crippen LogP contribution in [0.25, 0.3) is 5.69 Å². The van der Waals surface area contributed by atoms with E-state index in [-0.39, 0.29) is 5.91 Å². The van der Waals surface area contributed by atoms with Crippen LogP contribution in [-0.4, -0.2) is 28.0 Å². The van der Waals surface area contributed by atoms with E-state index < -0.39 is 5.97 Å². The van der Waals surface area contributed by atoms with Crippen molar-refractivity contribution in [3.8, 4) is 5.69 Å². The highest BCUT2D eigenvalue weighted by atomic mass is 16.5. The van der Waals surface area contributed by atoms with E-state index in [9.17, 15) is 9.59 Å². The van der Waals surface area contributed by atoms with E-state index >= 15 is 0 Å². The van der Waals surface area contributed by atoms with Crippen molar-refractivity contribution in [3.63, 3.8) is 0 Å². The lowest BCUT2D eigenvalue weighted by Crippen LogP contribution is -2.17. The Hall–Kier alpha value is -3.41. The van der Waals surface area contributed by atoms with Gasteiger partial charge >= 0.3 is 5.97 Å². The van der Waals surface area contributed by atoms with E-state index in [1.165, 1.54) is 0 Å². The molecule has 0 saturated heterocycles. The molecule has 1 aromatic carbocycles. The lowest BCUT2D eigenvalue weighted by molar-refractivity contribution is 0.0526. The molecule has 3 aromatic rings. The molecule has 0 bridgehead atoms. The molecule has 132 valence electrons. The maximum absolute atomic E-state index is 12.7. The molecule has 0 saturated carbocycles. The molecule has 0 spiro atoms. The van der Waals surface area contributed by atoms with Gasteiger partial charge in [-0.3, -0.25) is 9.78 Å². The molecule has 2 heterocycles. The summed E-state index contributed by atoms with van der Waals surface area (Å²) in [4.78, 5) is 28.8. The van der Waals surface area contributed by atoms with Gasteiger partial charge in [0, 0.05) is 18.1 Å². The normalized spacial score (nSPS) is 10.4. The lowest BCUT2D eigenvalue weighted by atomic mass is 10.2. The van der Waals surface area contributed by atoms with E-state index in [0.717, 1.165) is 11.4 Å². The molecule has 1 amide bonds. The van der Waals surface area contributed by atoms with Crippen LogP contribution in [0.4, 0.5) is 5.69 Å². The molecule has 0 atom stereocenters. The van der Waals surface area contributed by atoms with Gasteiger partial charge in [-0.1, -0.05) is 6.07 Å². The van der Waals surface area contributed by atoms with Crippen LogP contribution in [0.15, 0.2) is 60.9 Å². The zero-order valence-electron chi connectivity index (χ0n) is 14.6. The van der Waals surface area contributed by atoms with Gasteiger partial charge in [-0.15, -0.1) is 0 Å². The number of nitrogens with one attached hydrogen (secondary N) is 1. The van der Waals surface area contributed by atoms with Crippen LogP contribution in [0.5, 0.6) is 0 Å². The van der Waals surface area contributed by atoms with E-state index in [4.69, 9.17) is 4.74 Å². The van der Waals surface area contributed by atoms with Gasteiger partial charge in [-0.05, 0) is 56.3 Å². The van der Waals surface area contributed by atoms with Crippen molar-refractivity contribution in [2.24, 2.45) is 0 Å². The van der Waals surface area contributed by atoms with Gasteiger partial charge in [-0.2, -0.15) is 0 Å². The summed E-state index contributed by atoms with van der Waals surface area (Å²) in [6.45, 7) is 3.94. The zero-order valence-corrected chi connectivity index (χ0v) is 14.6. The Morgan fingerprint density at radius 2 is 2.00 bits per heavy atom. The molecule has 0 aliphatic carbocycles. The third kappa shape index (κ3) is 3.64. The predicted octanol–water partition coefficient (Wildman–Crippen LogP) is 3.61. The van der Waals surface area contributed by atoms with Crippen molar-refractivity contribution in [3.05, 3.63) is 77.9 Å². The number of hydrogen-bond acceptors (Lipinski definition) is 4. The number of benzene rings is 1. The van der Waals surface area contributed by atoms with E-state index in [1.807, 2.05) is 25.3 Å². The van der Waals surface area contributed by atoms with Gasteiger partial charge < -0.3 is 14.6 Å². The van der Waals surface area contributed by atoms with Crippen LogP contribution in [0.3, 0.4) is 0 Å². The Bertz CT molecular complexity index is 947. The number of aromatic nitrogens is 2. The molecule has 3 rings (SSSR count). The SMILES string of the molecule is CCOC(=O)c1cccc(NC(=O)c2cccn2-c2cccnc2C)c1. The second-order valence-corrected chi connectivity index (χ2v) is 5.63. The molecular weight excluding hydrogens is 330 g/mol. The van der Waals surface area contributed by atoms with Crippen LogP contribution in [0.2, 0.25) is 0 Å². The zero-order chi connectivity index (χ0) is 18.5. The van der Waals surface area contributed by atoms with Crippen molar-refractivity contribution < 1.29 is 14.3 Å². The Morgan fingerprint density at radius 1 is 1.15 bits per heavy atom. The monoisotopic (exact) mass is 349 g/mol. The first-order valence-corrected chi connectivity index (χ1v) is 8.28. The number of pyridine rings is 1. The molecule has 0 aliphatic rings. The summed E-state index contributed by atoms with van der Waals surface area (Å²) in [6, 6.07) is 13.9. The molecule has 1 N–H and O–H groups in total. The van der Waals surface area contributed by atoms with Crippen LogP contribution < -0.4 is 5.32 Å². The lowest BCUT2D eigenvalue weighted by Gasteiger charge is -2.12. The minimum Gasteiger partial charge on any atom is -0.462 e. The highest BCUT2D eigenvalue weighted by Crippen LogP contribution is 2.18. The van der Waals surface area contributed by atoms with Crippen molar-refractivity contribution >= 4 is 17.6 Å². The average molecular weight is 349 g/mol. The Labute approximate surface area is 151 Å².